The highest BCUT2D eigenvalue weighted by atomic mass is 79.9. The van der Waals surface area contributed by atoms with Crippen molar-refractivity contribution in [2.75, 3.05) is 6.16 Å². The smallest absolute Gasteiger partial charge is 0.113 e. The predicted molar refractivity (Wildman–Crippen MR) is 137 cm³/mol. The molecule has 0 spiro atoms. The fourth-order valence-corrected chi connectivity index (χ4v) is 9.04. The molecule has 4 rings (SSSR count). The van der Waals surface area contributed by atoms with Crippen molar-refractivity contribution in [3.8, 4) is 0 Å². The molecule has 1 N–H and O–H groups in total. The van der Waals surface area contributed by atoms with Gasteiger partial charge < -0.3 is 22.3 Å². The maximum absolute atomic E-state index is 3.89. The van der Waals surface area contributed by atoms with E-state index in [-0.39, 0.29) is 17.0 Å². The molecule has 0 aliphatic heterocycles. The van der Waals surface area contributed by atoms with Crippen molar-refractivity contribution < 1.29 is 17.0 Å². The Kier molecular flexibility index (Phi) is 8.82. The van der Waals surface area contributed by atoms with E-state index in [1.165, 1.54) is 21.5 Å². The fourth-order valence-electron chi connectivity index (χ4n) is 4.54. The molecule has 0 saturated heterocycles. The van der Waals surface area contributed by atoms with Crippen LogP contribution in [-0.2, 0) is 0 Å². The summed E-state index contributed by atoms with van der Waals surface area (Å²) in [4.78, 5) is 0. The van der Waals surface area contributed by atoms with Crippen LogP contribution in [-0.4, -0.2) is 12.2 Å². The minimum Gasteiger partial charge on any atom is -1.00 e. The van der Waals surface area contributed by atoms with Crippen molar-refractivity contribution in [2.24, 2.45) is 0 Å². The highest BCUT2D eigenvalue weighted by molar-refractivity contribution is 7.95. The third-order valence-corrected chi connectivity index (χ3v) is 10.6. The molecule has 0 aliphatic carbocycles. The van der Waals surface area contributed by atoms with Crippen molar-refractivity contribution in [2.45, 2.75) is 25.9 Å². The summed E-state index contributed by atoms with van der Waals surface area (Å²) in [5.41, 5.74) is 1.33. The van der Waals surface area contributed by atoms with E-state index in [9.17, 15) is 0 Å². The molecule has 164 valence electrons. The van der Waals surface area contributed by atoms with E-state index in [1.54, 1.807) is 0 Å². The summed E-state index contributed by atoms with van der Waals surface area (Å²) in [5.74, 6) is 0. The van der Waals surface area contributed by atoms with Crippen molar-refractivity contribution in [3.05, 3.63) is 127 Å². The second kappa shape index (κ2) is 11.6. The second-order valence-electron chi connectivity index (χ2n) is 8.20. The summed E-state index contributed by atoms with van der Waals surface area (Å²) < 4.78 is 0. The molecule has 0 heterocycles. The van der Waals surface area contributed by atoms with Crippen molar-refractivity contribution >= 4 is 23.2 Å². The lowest BCUT2D eigenvalue weighted by atomic mass is 10.1. The molecule has 0 unspecified atom stereocenters. The molecule has 0 aromatic heterocycles. The fraction of sp³-hybridized carbons (Fsp3) is 0.172. The van der Waals surface area contributed by atoms with Crippen LogP contribution in [0.2, 0.25) is 0 Å². The molecule has 1 nitrogen and oxygen atoms in total. The Bertz CT molecular complexity index is 959. The standard InChI is InChI=1S/C29H31NP.BrH/c1-24(30-25(2)26-15-7-3-8-16-26)23-31(27-17-9-4-10-18-27,28-19-11-5-12-20-28)29-21-13-6-14-22-29;/h3-22,24-25,30H,23H2,1-2H3;1H/q+1;/p-1/t24-,25-;/m0./s1. The molecule has 4 aromatic rings. The SMILES string of the molecule is C[C@H](N[C@@H](C)C[P+](c1ccccc1)(c1ccccc1)c1ccccc1)c1ccccc1.[Br-]. The zero-order valence-corrected chi connectivity index (χ0v) is 21.2. The van der Waals surface area contributed by atoms with Gasteiger partial charge in [-0.15, -0.1) is 0 Å². The van der Waals surface area contributed by atoms with Gasteiger partial charge in [-0.05, 0) is 55.8 Å². The minimum absolute atomic E-state index is 0. The van der Waals surface area contributed by atoms with Gasteiger partial charge in [0.1, 0.15) is 23.2 Å². The normalized spacial score (nSPS) is 13.1. The monoisotopic (exact) mass is 503 g/mol. The number of nitrogens with one attached hydrogen (secondary N) is 1. The molecular weight excluding hydrogens is 473 g/mol. The van der Waals surface area contributed by atoms with Gasteiger partial charge >= 0.3 is 0 Å². The summed E-state index contributed by atoms with van der Waals surface area (Å²) in [6, 6.07) is 44.8. The van der Waals surface area contributed by atoms with Crippen LogP contribution < -0.4 is 38.2 Å². The average Bonchev–Trinajstić information content (AvgIpc) is 2.85. The maximum atomic E-state index is 3.89. The van der Waals surface area contributed by atoms with Crippen LogP contribution in [0.25, 0.3) is 0 Å². The third-order valence-electron chi connectivity index (χ3n) is 5.97. The van der Waals surface area contributed by atoms with Crippen molar-refractivity contribution in [1.82, 2.24) is 5.32 Å². The zero-order valence-electron chi connectivity index (χ0n) is 18.7. The summed E-state index contributed by atoms with van der Waals surface area (Å²) in [6.45, 7) is 4.60. The Hall–Kier alpha value is -2.25. The van der Waals surface area contributed by atoms with Gasteiger partial charge in [0.25, 0.3) is 0 Å². The molecule has 2 atom stereocenters. The first kappa shape index (κ1) is 24.4. The Morgan fingerprint density at radius 3 is 1.28 bits per heavy atom. The molecule has 0 amide bonds. The van der Waals surface area contributed by atoms with Crippen molar-refractivity contribution in [3.63, 3.8) is 0 Å². The summed E-state index contributed by atoms with van der Waals surface area (Å²) in [6.07, 6.45) is 1.07. The van der Waals surface area contributed by atoms with Gasteiger partial charge in [0.15, 0.2) is 0 Å². The summed E-state index contributed by atoms with van der Waals surface area (Å²) in [5, 5.41) is 8.20. The predicted octanol–water partition coefficient (Wildman–Crippen LogP) is 2.72. The average molecular weight is 504 g/mol. The first-order valence-electron chi connectivity index (χ1n) is 11.1. The molecule has 32 heavy (non-hydrogen) atoms. The Morgan fingerprint density at radius 1 is 0.562 bits per heavy atom. The maximum Gasteiger partial charge on any atom is 0.113 e. The Labute approximate surface area is 204 Å². The van der Waals surface area contributed by atoms with Crippen LogP contribution >= 0.6 is 7.26 Å². The molecule has 4 aromatic carbocycles. The number of hydrogen-bond acceptors (Lipinski definition) is 1. The van der Waals surface area contributed by atoms with E-state index < -0.39 is 7.26 Å². The van der Waals surface area contributed by atoms with E-state index >= 15 is 0 Å². The second-order valence-corrected chi connectivity index (χ2v) is 11.7. The highest BCUT2D eigenvalue weighted by Gasteiger charge is 2.46. The topological polar surface area (TPSA) is 12.0 Å². The third kappa shape index (κ3) is 5.38. The van der Waals surface area contributed by atoms with Gasteiger partial charge in [-0.1, -0.05) is 84.9 Å². The Balaban J connectivity index is 0.00000289. The molecule has 0 fully saturated rings. The molecule has 0 aliphatic rings. The van der Waals surface area contributed by atoms with Crippen molar-refractivity contribution in [1.29, 1.82) is 0 Å². The number of hydrogen-bond donors (Lipinski definition) is 1. The van der Waals surface area contributed by atoms with E-state index in [1.807, 2.05) is 0 Å². The van der Waals surface area contributed by atoms with Crippen LogP contribution in [0.3, 0.4) is 0 Å². The minimum atomic E-state index is -1.82. The van der Waals surface area contributed by atoms with Gasteiger partial charge in [0.2, 0.25) is 0 Å². The zero-order chi connectivity index (χ0) is 21.5. The van der Waals surface area contributed by atoms with Gasteiger partial charge in [0.05, 0.1) is 6.16 Å². The summed E-state index contributed by atoms with van der Waals surface area (Å²) in [7, 11) is -1.82. The van der Waals surface area contributed by atoms with E-state index in [4.69, 9.17) is 0 Å². The van der Waals surface area contributed by atoms with Crippen LogP contribution in [0.15, 0.2) is 121 Å². The van der Waals surface area contributed by atoms with Gasteiger partial charge in [-0.2, -0.15) is 0 Å². The van der Waals surface area contributed by atoms with Crippen LogP contribution in [0, 0.1) is 0 Å². The van der Waals surface area contributed by atoms with E-state index in [0.29, 0.717) is 12.1 Å². The van der Waals surface area contributed by atoms with Crippen LogP contribution in [0.4, 0.5) is 0 Å². The first-order chi connectivity index (χ1) is 15.2. The number of benzene rings is 4. The summed E-state index contributed by atoms with van der Waals surface area (Å²) >= 11 is 0. The Morgan fingerprint density at radius 2 is 0.906 bits per heavy atom. The first-order valence-corrected chi connectivity index (χ1v) is 13.0. The quantitative estimate of drug-likeness (QED) is 0.364. The molecule has 3 heteroatoms. The van der Waals surface area contributed by atoms with Crippen LogP contribution in [0.1, 0.15) is 25.5 Å². The van der Waals surface area contributed by atoms with Gasteiger partial charge in [-0.25, -0.2) is 0 Å². The lowest BCUT2D eigenvalue weighted by Crippen LogP contribution is -3.00. The lowest BCUT2D eigenvalue weighted by Gasteiger charge is -2.31. The number of halogens is 1. The largest absolute Gasteiger partial charge is 1.00 e. The van der Waals surface area contributed by atoms with Crippen LogP contribution in [0.5, 0.6) is 0 Å². The highest BCUT2D eigenvalue weighted by Crippen LogP contribution is 2.55. The molecule has 0 saturated carbocycles. The number of rotatable bonds is 8. The molecular formula is C29H31BrNP. The molecule has 0 radical (unpaired) electrons. The molecule has 0 bridgehead atoms. The lowest BCUT2D eigenvalue weighted by molar-refractivity contribution is -0.00000637. The van der Waals surface area contributed by atoms with E-state index in [0.717, 1.165) is 6.16 Å². The van der Waals surface area contributed by atoms with E-state index in [2.05, 4.69) is 140 Å². The van der Waals surface area contributed by atoms with Gasteiger partial charge in [0, 0.05) is 12.1 Å². The van der Waals surface area contributed by atoms with Gasteiger partial charge in [-0.3, -0.25) is 0 Å².